The van der Waals surface area contributed by atoms with Crippen molar-refractivity contribution in [3.05, 3.63) is 29.8 Å². The maximum Gasteiger partial charge on any atom is 0.416 e. The average Bonchev–Trinajstić information content (AvgIpc) is 3.38. The minimum atomic E-state index is -4.54. The van der Waals surface area contributed by atoms with E-state index in [0.717, 1.165) is 37.1 Å². The van der Waals surface area contributed by atoms with Crippen molar-refractivity contribution in [3.8, 4) is 0 Å². The zero-order valence-electron chi connectivity index (χ0n) is 21.8. The molecule has 2 aliphatic rings. The third-order valence-corrected chi connectivity index (χ3v) is 8.97. The van der Waals surface area contributed by atoms with Crippen molar-refractivity contribution in [2.24, 2.45) is 11.8 Å². The van der Waals surface area contributed by atoms with Crippen LogP contribution in [-0.2, 0) is 25.7 Å². The number of alkyl halides is 3. The van der Waals surface area contributed by atoms with Gasteiger partial charge in [-0.15, -0.1) is 0 Å². The highest BCUT2D eigenvalue weighted by Crippen LogP contribution is 2.40. The normalized spacial score (nSPS) is 23.4. The largest absolute Gasteiger partial charge is 0.444 e. The molecule has 37 heavy (non-hydrogen) atoms. The number of hydrogen-bond donors (Lipinski definition) is 1. The summed E-state index contributed by atoms with van der Waals surface area (Å²) in [5, 5.41) is 3.03. The molecule has 8 nitrogen and oxygen atoms in total. The Kier molecular flexibility index (Phi) is 8.53. The number of hydrogen-bond acceptors (Lipinski definition) is 5. The maximum absolute atomic E-state index is 13.1. The first kappa shape index (κ1) is 29.2. The number of ether oxygens (including phenoxy) is 1. The van der Waals surface area contributed by atoms with Crippen molar-refractivity contribution >= 4 is 22.0 Å². The van der Waals surface area contributed by atoms with Crippen LogP contribution in [0, 0.1) is 11.8 Å². The first-order valence-corrected chi connectivity index (χ1v) is 13.9. The Morgan fingerprint density at radius 2 is 1.76 bits per heavy atom. The van der Waals surface area contributed by atoms with Crippen LogP contribution in [0.4, 0.5) is 18.0 Å². The summed E-state index contributed by atoms with van der Waals surface area (Å²) < 4.78 is 71.3. The zero-order chi connectivity index (χ0) is 27.8. The van der Waals surface area contributed by atoms with E-state index in [1.807, 2.05) is 6.92 Å². The fourth-order valence-corrected chi connectivity index (χ4v) is 6.43. The van der Waals surface area contributed by atoms with Gasteiger partial charge in [-0.3, -0.25) is 4.79 Å². The Bertz CT molecular complexity index is 1090. The van der Waals surface area contributed by atoms with Gasteiger partial charge < -0.3 is 15.0 Å². The molecule has 3 rings (SSSR count). The van der Waals surface area contributed by atoms with Crippen molar-refractivity contribution in [1.82, 2.24) is 14.5 Å². The fourth-order valence-electron chi connectivity index (χ4n) is 4.89. The quantitative estimate of drug-likeness (QED) is 0.551. The van der Waals surface area contributed by atoms with Gasteiger partial charge in [-0.1, -0.05) is 0 Å². The molecule has 12 heteroatoms. The van der Waals surface area contributed by atoms with Gasteiger partial charge in [0.25, 0.3) is 0 Å². The van der Waals surface area contributed by atoms with Crippen LogP contribution in [0.5, 0.6) is 0 Å². The molecule has 1 aliphatic carbocycles. The molecular formula is C25H36F3N3O5S. The molecule has 208 valence electrons. The predicted molar refractivity (Wildman–Crippen MR) is 131 cm³/mol. The van der Waals surface area contributed by atoms with E-state index in [1.165, 1.54) is 9.21 Å². The molecule has 1 aromatic rings. The molecule has 1 saturated carbocycles. The number of carbonyl (C=O) groups excluding carboxylic acids is 2. The van der Waals surface area contributed by atoms with E-state index in [4.69, 9.17) is 4.74 Å². The van der Waals surface area contributed by atoms with Gasteiger partial charge in [0.05, 0.1) is 10.5 Å². The predicted octanol–water partition coefficient (Wildman–Crippen LogP) is 4.26. The molecule has 1 aliphatic heterocycles. The summed E-state index contributed by atoms with van der Waals surface area (Å²) in [6.45, 7) is 7.67. The molecule has 1 aromatic carbocycles. The number of halogens is 3. The van der Waals surface area contributed by atoms with Crippen molar-refractivity contribution in [2.75, 3.05) is 20.1 Å². The van der Waals surface area contributed by atoms with E-state index < -0.39 is 33.5 Å². The van der Waals surface area contributed by atoms with Gasteiger partial charge in [0.15, 0.2) is 0 Å². The Labute approximate surface area is 216 Å². The maximum atomic E-state index is 13.1. The van der Waals surface area contributed by atoms with Crippen molar-refractivity contribution in [3.63, 3.8) is 0 Å². The Morgan fingerprint density at radius 3 is 2.32 bits per heavy atom. The van der Waals surface area contributed by atoms with E-state index in [1.54, 1.807) is 27.8 Å². The summed E-state index contributed by atoms with van der Waals surface area (Å²) in [4.78, 5) is 26.2. The van der Waals surface area contributed by atoms with Gasteiger partial charge in [0.2, 0.25) is 15.9 Å². The molecule has 1 saturated heterocycles. The summed E-state index contributed by atoms with van der Waals surface area (Å²) >= 11 is 0. The van der Waals surface area contributed by atoms with Gasteiger partial charge in [0.1, 0.15) is 5.60 Å². The molecule has 0 radical (unpaired) electrons. The van der Waals surface area contributed by atoms with Crippen molar-refractivity contribution < 1.29 is 35.9 Å². The van der Waals surface area contributed by atoms with Crippen molar-refractivity contribution in [2.45, 2.75) is 82.1 Å². The number of amides is 2. The molecule has 4 atom stereocenters. The first-order chi connectivity index (χ1) is 17.0. The van der Waals surface area contributed by atoms with Crippen LogP contribution in [0.3, 0.4) is 0 Å². The van der Waals surface area contributed by atoms with E-state index >= 15 is 0 Å². The number of carbonyl (C=O) groups is 2. The summed E-state index contributed by atoms with van der Waals surface area (Å²) in [5.41, 5.74) is -1.52. The van der Waals surface area contributed by atoms with Crippen LogP contribution in [0.1, 0.15) is 58.9 Å². The van der Waals surface area contributed by atoms with Crippen LogP contribution in [0.25, 0.3) is 0 Å². The Hall–Kier alpha value is -2.34. The van der Waals surface area contributed by atoms with Crippen LogP contribution in [0.2, 0.25) is 0 Å². The smallest absolute Gasteiger partial charge is 0.416 e. The van der Waals surface area contributed by atoms with Crippen LogP contribution < -0.4 is 5.32 Å². The molecule has 2 fully saturated rings. The second-order valence-corrected chi connectivity index (χ2v) is 12.9. The third-order valence-electron chi connectivity index (χ3n) is 7.12. The highest BCUT2D eigenvalue weighted by atomic mass is 32.2. The lowest BCUT2D eigenvalue weighted by atomic mass is 9.97. The molecule has 0 bridgehead atoms. The van der Waals surface area contributed by atoms with Gasteiger partial charge in [-0.2, -0.15) is 17.5 Å². The molecule has 0 aromatic heterocycles. The second-order valence-electron chi connectivity index (χ2n) is 11.0. The number of fused-ring (bicyclic) bond motifs is 1. The zero-order valence-corrected chi connectivity index (χ0v) is 22.7. The summed E-state index contributed by atoms with van der Waals surface area (Å²) in [5.74, 6) is -0.152. The van der Waals surface area contributed by atoms with E-state index in [-0.39, 0.29) is 54.2 Å². The molecule has 1 N–H and O–H groups in total. The fraction of sp³-hybridized carbons (Fsp3) is 0.680. The highest BCUT2D eigenvalue weighted by Gasteiger charge is 2.46. The number of benzene rings is 1. The van der Waals surface area contributed by atoms with Gasteiger partial charge >= 0.3 is 12.3 Å². The van der Waals surface area contributed by atoms with Crippen molar-refractivity contribution in [1.29, 1.82) is 0 Å². The molecular weight excluding hydrogens is 511 g/mol. The van der Waals surface area contributed by atoms with E-state index in [0.29, 0.717) is 6.42 Å². The molecule has 2 amide bonds. The lowest BCUT2D eigenvalue weighted by Crippen LogP contribution is -2.42. The lowest BCUT2D eigenvalue weighted by Gasteiger charge is -2.29. The number of nitrogens with zero attached hydrogens (tertiary/aromatic N) is 2. The Balaban J connectivity index is 1.54. The number of sulfonamides is 1. The topological polar surface area (TPSA) is 96.0 Å². The second kappa shape index (κ2) is 10.8. The standard InChI is InChI=1S/C25H36F3N3O5S/c1-16(30(5)23(33)36-24(2,3)4)6-13-22(32)29-21-12-7-17-14-31(15-20(17)21)37(34,35)19-10-8-18(9-11-19)25(26,27)28/h8-11,16-17,20-21H,6-7,12-15H2,1-5H3,(H,29,32)/t16?,17-,20+,21-/m1/s1. The van der Waals surface area contributed by atoms with E-state index in [2.05, 4.69) is 5.32 Å². The van der Waals surface area contributed by atoms with Crippen LogP contribution >= 0.6 is 0 Å². The molecule has 1 unspecified atom stereocenters. The first-order valence-electron chi connectivity index (χ1n) is 12.4. The Morgan fingerprint density at radius 1 is 1.14 bits per heavy atom. The third kappa shape index (κ3) is 7.16. The van der Waals surface area contributed by atoms with Crippen LogP contribution in [-0.4, -0.2) is 67.4 Å². The number of nitrogens with one attached hydrogen (secondary N) is 1. The average molecular weight is 548 g/mol. The van der Waals surface area contributed by atoms with Gasteiger partial charge in [0, 0.05) is 38.6 Å². The minimum absolute atomic E-state index is 0.0602. The summed E-state index contributed by atoms with van der Waals surface area (Å²) in [7, 11) is -2.32. The lowest BCUT2D eigenvalue weighted by molar-refractivity contribution is -0.137. The van der Waals surface area contributed by atoms with E-state index in [9.17, 15) is 31.2 Å². The number of rotatable bonds is 7. The van der Waals surface area contributed by atoms with Gasteiger partial charge in [-0.25, -0.2) is 13.2 Å². The highest BCUT2D eigenvalue weighted by molar-refractivity contribution is 7.89. The molecule has 1 heterocycles. The van der Waals surface area contributed by atoms with Crippen LogP contribution in [0.15, 0.2) is 29.2 Å². The minimum Gasteiger partial charge on any atom is -0.444 e. The summed E-state index contributed by atoms with van der Waals surface area (Å²) in [6, 6.07) is 3.13. The summed E-state index contributed by atoms with van der Waals surface area (Å²) in [6.07, 6.45) is -2.86. The molecule has 0 spiro atoms. The SMILES string of the molecule is CC(CCC(=O)N[C@@H]1CC[C@@H]2CN(S(=O)(=O)c3ccc(C(F)(F)F)cc3)C[C@@H]21)N(C)C(=O)OC(C)(C)C. The van der Waals surface area contributed by atoms with Gasteiger partial charge in [-0.05, 0) is 83.1 Å². The monoisotopic (exact) mass is 547 g/mol.